The average Bonchev–Trinajstić information content (AvgIpc) is 3.13. The maximum Gasteiger partial charge on any atom is 0.315 e. The van der Waals surface area contributed by atoms with Gasteiger partial charge in [0.15, 0.2) is 5.01 Å². The summed E-state index contributed by atoms with van der Waals surface area (Å²) >= 11 is 2.42. The summed E-state index contributed by atoms with van der Waals surface area (Å²) in [7, 11) is 3.14. The van der Waals surface area contributed by atoms with Crippen LogP contribution in [0.25, 0.3) is 10.6 Å². The number of benzene rings is 1. The molecule has 2 rings (SSSR count). The first-order chi connectivity index (χ1) is 13.0. The van der Waals surface area contributed by atoms with E-state index in [-0.39, 0.29) is 17.6 Å². The number of aromatic nitrogens is 2. The van der Waals surface area contributed by atoms with Gasteiger partial charge in [-0.1, -0.05) is 11.3 Å². The van der Waals surface area contributed by atoms with Crippen LogP contribution in [0, 0.1) is 0 Å². The lowest BCUT2D eigenvalue weighted by Crippen LogP contribution is -2.24. The van der Waals surface area contributed by atoms with Crippen LogP contribution in [0.1, 0.15) is 13.8 Å². The Hall–Kier alpha value is -2.33. The molecule has 0 radical (unpaired) electrons. The van der Waals surface area contributed by atoms with E-state index in [2.05, 4.69) is 15.5 Å². The predicted molar refractivity (Wildman–Crippen MR) is 106 cm³/mol. The Morgan fingerprint density at radius 2 is 2.04 bits per heavy atom. The van der Waals surface area contributed by atoms with Crippen LogP contribution < -0.4 is 14.8 Å². The lowest BCUT2D eigenvalue weighted by Gasteiger charge is -2.09. The molecule has 0 spiro atoms. The first kappa shape index (κ1) is 21.0. The highest BCUT2D eigenvalue weighted by Gasteiger charge is 2.19. The van der Waals surface area contributed by atoms with E-state index in [1.165, 1.54) is 23.1 Å². The molecule has 0 aliphatic carbocycles. The van der Waals surface area contributed by atoms with Crippen molar-refractivity contribution in [3.8, 4) is 22.1 Å². The zero-order valence-corrected chi connectivity index (χ0v) is 17.1. The molecule has 1 amide bonds. The van der Waals surface area contributed by atoms with Crippen LogP contribution in [0.5, 0.6) is 11.5 Å². The van der Waals surface area contributed by atoms with Crippen molar-refractivity contribution in [1.82, 2.24) is 10.2 Å². The lowest BCUT2D eigenvalue weighted by atomic mass is 10.2. The van der Waals surface area contributed by atoms with Crippen LogP contribution in [0.3, 0.4) is 0 Å². The summed E-state index contributed by atoms with van der Waals surface area (Å²) in [6.07, 6.45) is 0. The smallest absolute Gasteiger partial charge is 0.315 e. The molecule has 8 nitrogen and oxygen atoms in total. The van der Waals surface area contributed by atoms with Gasteiger partial charge < -0.3 is 14.2 Å². The SMILES string of the molecule is CCOC(=O)CSC(C)C(=O)Nc1nnc(-c2cc(OC)ccc2OC)s1. The fourth-order valence-corrected chi connectivity index (χ4v) is 3.49. The fourth-order valence-electron chi connectivity index (χ4n) is 2.04. The van der Waals surface area contributed by atoms with Gasteiger partial charge in [0.1, 0.15) is 11.5 Å². The van der Waals surface area contributed by atoms with E-state index in [4.69, 9.17) is 14.2 Å². The Balaban J connectivity index is 2.03. The first-order valence-electron chi connectivity index (χ1n) is 8.12. The van der Waals surface area contributed by atoms with E-state index in [1.54, 1.807) is 46.3 Å². The molecular weight excluding hydrogens is 390 g/mol. The molecular formula is C17H21N3O5S2. The Labute approximate surface area is 165 Å². The van der Waals surface area contributed by atoms with Crippen LogP contribution in [0.4, 0.5) is 5.13 Å². The molecule has 0 fully saturated rings. The number of amides is 1. The zero-order valence-electron chi connectivity index (χ0n) is 15.5. The van der Waals surface area contributed by atoms with Gasteiger partial charge >= 0.3 is 5.97 Å². The molecule has 0 aliphatic heterocycles. The van der Waals surface area contributed by atoms with Gasteiger partial charge in [-0.3, -0.25) is 14.9 Å². The summed E-state index contributed by atoms with van der Waals surface area (Å²) in [5.74, 6) is 0.805. The minimum atomic E-state index is -0.437. The molecule has 1 N–H and O–H groups in total. The van der Waals surface area contributed by atoms with Crippen molar-refractivity contribution in [1.29, 1.82) is 0 Å². The van der Waals surface area contributed by atoms with Crippen molar-refractivity contribution in [3.63, 3.8) is 0 Å². The van der Waals surface area contributed by atoms with Crippen molar-refractivity contribution in [3.05, 3.63) is 18.2 Å². The number of ether oxygens (including phenoxy) is 3. The summed E-state index contributed by atoms with van der Waals surface area (Å²) in [5, 5.41) is 11.4. The number of carbonyl (C=O) groups excluding carboxylic acids is 2. The van der Waals surface area contributed by atoms with Gasteiger partial charge in [-0.15, -0.1) is 22.0 Å². The number of anilines is 1. The molecule has 0 bridgehead atoms. The van der Waals surface area contributed by atoms with Crippen LogP contribution in [0.2, 0.25) is 0 Å². The number of esters is 1. The fraction of sp³-hybridized carbons (Fsp3) is 0.412. The number of rotatable bonds is 9. The van der Waals surface area contributed by atoms with Gasteiger partial charge in [-0.2, -0.15) is 0 Å². The van der Waals surface area contributed by atoms with Gasteiger partial charge in [-0.05, 0) is 32.0 Å². The van der Waals surface area contributed by atoms with Crippen molar-refractivity contribution < 1.29 is 23.8 Å². The van der Waals surface area contributed by atoms with Gasteiger partial charge in [0.25, 0.3) is 0 Å². The molecule has 27 heavy (non-hydrogen) atoms. The molecule has 10 heteroatoms. The Bertz CT molecular complexity index is 797. The summed E-state index contributed by atoms with van der Waals surface area (Å²) in [4.78, 5) is 23.6. The molecule has 0 saturated heterocycles. The van der Waals surface area contributed by atoms with Crippen molar-refractivity contribution in [2.24, 2.45) is 0 Å². The largest absolute Gasteiger partial charge is 0.497 e. The molecule has 1 heterocycles. The lowest BCUT2D eigenvalue weighted by molar-refractivity contribution is -0.139. The molecule has 0 saturated carbocycles. The van der Waals surface area contributed by atoms with E-state index in [1.807, 2.05) is 0 Å². The van der Waals surface area contributed by atoms with E-state index >= 15 is 0 Å². The Kier molecular flexibility index (Phi) is 7.86. The maximum absolute atomic E-state index is 12.3. The molecule has 146 valence electrons. The normalized spacial score (nSPS) is 11.6. The number of nitrogens with one attached hydrogen (secondary N) is 1. The van der Waals surface area contributed by atoms with Gasteiger partial charge in [-0.25, -0.2) is 0 Å². The number of carbonyl (C=O) groups is 2. The number of nitrogens with zero attached hydrogens (tertiary/aromatic N) is 2. The number of hydrogen-bond acceptors (Lipinski definition) is 9. The standard InChI is InChI=1S/C17H21N3O5S2/c1-5-25-14(21)9-26-10(2)15(22)18-17-20-19-16(27-17)12-8-11(23-3)6-7-13(12)24-4/h6-8,10H,5,9H2,1-4H3,(H,18,20,22). The van der Waals surface area contributed by atoms with Crippen molar-refractivity contribution in [2.75, 3.05) is 31.9 Å². The van der Waals surface area contributed by atoms with Crippen LogP contribution >= 0.6 is 23.1 Å². The Morgan fingerprint density at radius 3 is 2.70 bits per heavy atom. The number of hydrogen-bond donors (Lipinski definition) is 1. The average molecular weight is 412 g/mol. The highest BCUT2D eigenvalue weighted by molar-refractivity contribution is 8.01. The Morgan fingerprint density at radius 1 is 1.26 bits per heavy atom. The summed E-state index contributed by atoms with van der Waals surface area (Å²) in [5.41, 5.74) is 0.722. The molecule has 1 aromatic heterocycles. The quantitative estimate of drug-likeness (QED) is 0.629. The highest BCUT2D eigenvalue weighted by atomic mass is 32.2. The first-order valence-corrected chi connectivity index (χ1v) is 9.99. The molecule has 1 atom stereocenters. The minimum absolute atomic E-state index is 0.116. The number of methoxy groups -OCH3 is 2. The predicted octanol–water partition coefficient (Wildman–Crippen LogP) is 2.85. The third-order valence-electron chi connectivity index (χ3n) is 3.42. The van der Waals surface area contributed by atoms with E-state index < -0.39 is 5.25 Å². The maximum atomic E-state index is 12.3. The topological polar surface area (TPSA) is 99.6 Å². The van der Waals surface area contributed by atoms with Crippen LogP contribution in [-0.4, -0.2) is 53.9 Å². The van der Waals surface area contributed by atoms with Crippen molar-refractivity contribution >= 4 is 40.1 Å². The second kappa shape index (κ2) is 10.1. The van der Waals surface area contributed by atoms with Crippen LogP contribution in [0.15, 0.2) is 18.2 Å². The third kappa shape index (κ3) is 5.83. The number of thioether (sulfide) groups is 1. The van der Waals surface area contributed by atoms with Gasteiger partial charge in [0.2, 0.25) is 11.0 Å². The zero-order chi connectivity index (χ0) is 19.8. The second-order valence-corrected chi connectivity index (χ2v) is 7.53. The molecule has 2 aromatic rings. The molecule has 1 aromatic carbocycles. The summed E-state index contributed by atoms with van der Waals surface area (Å²) < 4.78 is 15.4. The van der Waals surface area contributed by atoms with Gasteiger partial charge in [0.05, 0.1) is 37.4 Å². The van der Waals surface area contributed by atoms with Crippen LogP contribution in [-0.2, 0) is 14.3 Å². The van der Waals surface area contributed by atoms with E-state index in [9.17, 15) is 9.59 Å². The monoisotopic (exact) mass is 411 g/mol. The third-order valence-corrected chi connectivity index (χ3v) is 5.41. The highest BCUT2D eigenvalue weighted by Crippen LogP contribution is 2.36. The minimum Gasteiger partial charge on any atom is -0.497 e. The second-order valence-electron chi connectivity index (χ2n) is 5.23. The molecule has 1 unspecified atom stereocenters. The van der Waals surface area contributed by atoms with Gasteiger partial charge in [0, 0.05) is 0 Å². The van der Waals surface area contributed by atoms with Crippen molar-refractivity contribution in [2.45, 2.75) is 19.1 Å². The summed E-state index contributed by atoms with van der Waals surface area (Å²) in [6.45, 7) is 3.77. The summed E-state index contributed by atoms with van der Waals surface area (Å²) in [6, 6.07) is 5.36. The van der Waals surface area contributed by atoms with E-state index in [0.29, 0.717) is 28.2 Å². The van der Waals surface area contributed by atoms with E-state index in [0.717, 1.165) is 5.56 Å². The molecule has 0 aliphatic rings.